The number of hydrogen-bond donors (Lipinski definition) is 1. The first kappa shape index (κ1) is 10.9. The fraction of sp³-hybridized carbons (Fsp3) is 0.643. The summed E-state index contributed by atoms with van der Waals surface area (Å²) in [6, 6.07) is 2.88. The lowest BCUT2D eigenvalue weighted by Crippen LogP contribution is -2.43. The molecule has 3 heteroatoms. The predicted molar refractivity (Wildman–Crippen MR) is 71.1 cm³/mol. The molecule has 2 aliphatic rings. The van der Waals surface area contributed by atoms with Gasteiger partial charge in [-0.2, -0.15) is 0 Å². The minimum Gasteiger partial charge on any atom is -0.397 e. The third-order valence-corrected chi connectivity index (χ3v) is 4.42. The highest BCUT2D eigenvalue weighted by molar-refractivity contribution is 5.53. The smallest absolute Gasteiger partial charge is 0.129 e. The standard InChI is InChI=1S/C14H21N3/c1-10-8-14(16-9-12(10)15)17-7-3-5-11-4-2-6-13(11)17/h8-9,11,13H,2-7,15H2,1H3. The first-order chi connectivity index (χ1) is 8.25. The third kappa shape index (κ3) is 1.88. The molecule has 1 aromatic heterocycles. The number of aromatic nitrogens is 1. The number of pyridine rings is 1. The van der Waals surface area contributed by atoms with E-state index in [2.05, 4.69) is 22.9 Å². The molecule has 1 aromatic rings. The Labute approximate surface area is 103 Å². The van der Waals surface area contributed by atoms with Crippen molar-refractivity contribution >= 4 is 11.5 Å². The molecule has 0 amide bonds. The molecule has 1 aliphatic heterocycles. The van der Waals surface area contributed by atoms with Crippen LogP contribution in [-0.4, -0.2) is 17.6 Å². The average molecular weight is 231 g/mol. The van der Waals surface area contributed by atoms with E-state index in [1.807, 2.05) is 6.20 Å². The fourth-order valence-electron chi connectivity index (χ4n) is 3.45. The van der Waals surface area contributed by atoms with E-state index >= 15 is 0 Å². The quantitative estimate of drug-likeness (QED) is 0.808. The summed E-state index contributed by atoms with van der Waals surface area (Å²) in [6.07, 6.45) is 8.68. The lowest BCUT2D eigenvalue weighted by atomic mass is 9.92. The maximum Gasteiger partial charge on any atom is 0.129 e. The minimum atomic E-state index is 0.735. The van der Waals surface area contributed by atoms with Gasteiger partial charge in [0.05, 0.1) is 11.9 Å². The lowest BCUT2D eigenvalue weighted by molar-refractivity contribution is 0.360. The van der Waals surface area contributed by atoms with Crippen LogP contribution < -0.4 is 10.6 Å². The van der Waals surface area contributed by atoms with Gasteiger partial charge >= 0.3 is 0 Å². The second-order valence-corrected chi connectivity index (χ2v) is 5.49. The summed E-state index contributed by atoms with van der Waals surface area (Å²) in [7, 11) is 0. The molecule has 0 radical (unpaired) electrons. The maximum atomic E-state index is 5.84. The minimum absolute atomic E-state index is 0.735. The molecule has 2 heterocycles. The van der Waals surface area contributed by atoms with Crippen LogP contribution in [0.4, 0.5) is 11.5 Å². The van der Waals surface area contributed by atoms with Crippen molar-refractivity contribution in [2.75, 3.05) is 17.2 Å². The average Bonchev–Trinajstić information content (AvgIpc) is 2.80. The summed E-state index contributed by atoms with van der Waals surface area (Å²) in [6.45, 7) is 3.23. The number of piperidine rings is 1. The summed E-state index contributed by atoms with van der Waals surface area (Å²) < 4.78 is 0. The van der Waals surface area contributed by atoms with Crippen LogP contribution in [0.25, 0.3) is 0 Å². The van der Waals surface area contributed by atoms with E-state index in [9.17, 15) is 0 Å². The van der Waals surface area contributed by atoms with E-state index in [4.69, 9.17) is 5.73 Å². The van der Waals surface area contributed by atoms with Crippen LogP contribution in [0, 0.1) is 12.8 Å². The summed E-state index contributed by atoms with van der Waals surface area (Å²) in [5, 5.41) is 0. The predicted octanol–water partition coefficient (Wildman–Crippen LogP) is 2.74. The van der Waals surface area contributed by atoms with E-state index in [-0.39, 0.29) is 0 Å². The summed E-state index contributed by atoms with van der Waals surface area (Å²) >= 11 is 0. The van der Waals surface area contributed by atoms with Crippen molar-refractivity contribution in [2.45, 2.75) is 45.1 Å². The largest absolute Gasteiger partial charge is 0.397 e. The molecule has 92 valence electrons. The first-order valence-electron chi connectivity index (χ1n) is 6.74. The van der Waals surface area contributed by atoms with Crippen molar-refractivity contribution in [2.24, 2.45) is 5.92 Å². The van der Waals surface area contributed by atoms with Crippen LogP contribution in [0.3, 0.4) is 0 Å². The highest BCUT2D eigenvalue weighted by atomic mass is 15.2. The number of aryl methyl sites for hydroxylation is 1. The van der Waals surface area contributed by atoms with Crippen molar-refractivity contribution in [1.82, 2.24) is 4.98 Å². The van der Waals surface area contributed by atoms with Gasteiger partial charge in [-0.15, -0.1) is 0 Å². The van der Waals surface area contributed by atoms with Gasteiger partial charge in [0.25, 0.3) is 0 Å². The molecule has 3 nitrogen and oxygen atoms in total. The molecule has 3 rings (SSSR count). The van der Waals surface area contributed by atoms with E-state index < -0.39 is 0 Å². The van der Waals surface area contributed by atoms with Crippen LogP contribution in [0.2, 0.25) is 0 Å². The van der Waals surface area contributed by atoms with Crippen molar-refractivity contribution in [1.29, 1.82) is 0 Å². The zero-order valence-corrected chi connectivity index (χ0v) is 10.5. The van der Waals surface area contributed by atoms with E-state index in [0.717, 1.165) is 35.6 Å². The van der Waals surface area contributed by atoms with Crippen LogP contribution >= 0.6 is 0 Å². The van der Waals surface area contributed by atoms with Crippen molar-refractivity contribution in [3.05, 3.63) is 17.8 Å². The Kier molecular flexibility index (Phi) is 2.69. The van der Waals surface area contributed by atoms with Crippen molar-refractivity contribution in [3.63, 3.8) is 0 Å². The molecular weight excluding hydrogens is 210 g/mol. The van der Waals surface area contributed by atoms with Crippen molar-refractivity contribution < 1.29 is 0 Å². The molecule has 0 spiro atoms. The van der Waals surface area contributed by atoms with Crippen LogP contribution in [-0.2, 0) is 0 Å². The summed E-state index contributed by atoms with van der Waals surface area (Å²) in [5.74, 6) is 2.04. The van der Waals surface area contributed by atoms with Gasteiger partial charge in [0.15, 0.2) is 0 Å². The lowest BCUT2D eigenvalue weighted by Gasteiger charge is -2.38. The van der Waals surface area contributed by atoms with E-state index in [0.29, 0.717) is 0 Å². The zero-order chi connectivity index (χ0) is 11.8. The second-order valence-electron chi connectivity index (χ2n) is 5.49. The molecule has 2 N–H and O–H groups in total. The Morgan fingerprint density at radius 1 is 1.29 bits per heavy atom. The molecule has 1 saturated carbocycles. The number of rotatable bonds is 1. The number of nitrogens with zero attached hydrogens (tertiary/aromatic N) is 2. The SMILES string of the molecule is Cc1cc(N2CCCC3CCCC32)ncc1N. The molecule has 2 unspecified atom stereocenters. The van der Waals surface area contributed by atoms with E-state index in [1.54, 1.807) is 0 Å². The molecule has 1 saturated heterocycles. The second kappa shape index (κ2) is 4.21. The number of fused-ring (bicyclic) bond motifs is 1. The number of nitrogen functional groups attached to an aromatic ring is 1. The van der Waals surface area contributed by atoms with Gasteiger partial charge in [-0.3, -0.25) is 0 Å². The Morgan fingerprint density at radius 3 is 2.94 bits per heavy atom. The molecule has 17 heavy (non-hydrogen) atoms. The maximum absolute atomic E-state index is 5.84. The zero-order valence-electron chi connectivity index (χ0n) is 10.5. The molecule has 1 aliphatic carbocycles. The molecular formula is C14H21N3. The van der Waals surface area contributed by atoms with E-state index in [1.165, 1.54) is 32.1 Å². The van der Waals surface area contributed by atoms with Crippen molar-refractivity contribution in [3.8, 4) is 0 Å². The Morgan fingerprint density at radius 2 is 2.12 bits per heavy atom. The third-order valence-electron chi connectivity index (χ3n) is 4.42. The van der Waals surface area contributed by atoms with Crippen LogP contribution in [0.1, 0.15) is 37.7 Å². The Balaban J connectivity index is 1.89. The normalized spacial score (nSPS) is 28.2. The summed E-state index contributed by atoms with van der Waals surface area (Å²) in [4.78, 5) is 7.05. The van der Waals surface area contributed by atoms with Crippen LogP contribution in [0.15, 0.2) is 12.3 Å². The van der Waals surface area contributed by atoms with Gasteiger partial charge in [-0.25, -0.2) is 4.98 Å². The number of nitrogens with two attached hydrogens (primary N) is 1. The topological polar surface area (TPSA) is 42.2 Å². The van der Waals surface area contributed by atoms with Gasteiger partial charge in [0.1, 0.15) is 5.82 Å². The van der Waals surface area contributed by atoms with Crippen LogP contribution in [0.5, 0.6) is 0 Å². The monoisotopic (exact) mass is 231 g/mol. The molecule has 2 atom stereocenters. The number of hydrogen-bond acceptors (Lipinski definition) is 3. The Bertz CT molecular complexity index is 416. The van der Waals surface area contributed by atoms with Gasteiger partial charge in [0, 0.05) is 12.6 Å². The first-order valence-corrected chi connectivity index (χ1v) is 6.74. The fourth-order valence-corrected chi connectivity index (χ4v) is 3.45. The molecule has 0 bridgehead atoms. The highest BCUT2D eigenvalue weighted by Crippen LogP contribution is 2.38. The molecule has 2 fully saturated rings. The molecule has 0 aromatic carbocycles. The Hall–Kier alpha value is -1.25. The summed E-state index contributed by atoms with van der Waals surface area (Å²) in [5.41, 5.74) is 7.79. The van der Waals surface area contributed by atoms with Gasteiger partial charge < -0.3 is 10.6 Å². The highest BCUT2D eigenvalue weighted by Gasteiger charge is 2.35. The van der Waals surface area contributed by atoms with Gasteiger partial charge in [0.2, 0.25) is 0 Å². The number of anilines is 2. The van der Waals surface area contributed by atoms with Gasteiger partial charge in [-0.1, -0.05) is 6.42 Å². The van der Waals surface area contributed by atoms with Gasteiger partial charge in [-0.05, 0) is 50.2 Å².